The summed E-state index contributed by atoms with van der Waals surface area (Å²) in [5.41, 5.74) is 7.05. The van der Waals surface area contributed by atoms with Crippen LogP contribution >= 0.6 is 15.9 Å². The zero-order chi connectivity index (χ0) is 14.3. The molecule has 0 fully saturated rings. The Morgan fingerprint density at radius 1 is 1.26 bits per heavy atom. The Labute approximate surface area is 119 Å². The lowest BCUT2D eigenvalue weighted by Gasteiger charge is -2.13. The summed E-state index contributed by atoms with van der Waals surface area (Å²) in [7, 11) is 0. The Kier molecular flexibility index (Phi) is 6.82. The van der Waals surface area contributed by atoms with Crippen molar-refractivity contribution in [3.05, 3.63) is 34.3 Å². The molecule has 6 heteroatoms. The third-order valence-corrected chi connectivity index (χ3v) is 3.34. The van der Waals surface area contributed by atoms with Crippen LogP contribution in [0, 0.1) is 0 Å². The van der Waals surface area contributed by atoms with Gasteiger partial charge in [-0.1, -0.05) is 34.1 Å². The molecule has 0 aliphatic heterocycles. The highest BCUT2D eigenvalue weighted by atomic mass is 79.9. The van der Waals surface area contributed by atoms with Crippen molar-refractivity contribution >= 4 is 15.9 Å². The molecule has 0 aromatic heterocycles. The van der Waals surface area contributed by atoms with Gasteiger partial charge in [0.25, 0.3) is 0 Å². The highest BCUT2D eigenvalue weighted by Gasteiger charge is 2.27. The predicted molar refractivity (Wildman–Crippen MR) is 71.9 cm³/mol. The molecule has 0 spiro atoms. The van der Waals surface area contributed by atoms with Gasteiger partial charge in [-0.05, 0) is 30.9 Å². The molecule has 0 heterocycles. The van der Waals surface area contributed by atoms with Crippen LogP contribution in [0.1, 0.15) is 18.4 Å². The van der Waals surface area contributed by atoms with E-state index in [4.69, 9.17) is 5.73 Å². The molecule has 1 atom stereocenters. The predicted octanol–water partition coefficient (Wildman–Crippen LogP) is 3.68. The van der Waals surface area contributed by atoms with Gasteiger partial charge in [-0.15, -0.1) is 0 Å². The lowest BCUT2D eigenvalue weighted by Crippen LogP contribution is -2.24. The van der Waals surface area contributed by atoms with Gasteiger partial charge < -0.3 is 10.5 Å². The highest BCUT2D eigenvalue weighted by molar-refractivity contribution is 9.10. The number of rotatable bonds is 7. The second-order valence-electron chi connectivity index (χ2n) is 4.37. The minimum atomic E-state index is -4.25. The van der Waals surface area contributed by atoms with E-state index in [1.165, 1.54) is 0 Å². The standard InChI is InChI=1S/C13H17BrF3NO/c14-12-6-2-1-4-10(12)8-11(18)5-3-7-19-9-13(15,16)17/h1-2,4,6,11H,3,5,7-9,18H2. The first kappa shape index (κ1) is 16.5. The Balaban J connectivity index is 2.18. The Hall–Kier alpha value is -0.590. The van der Waals surface area contributed by atoms with Crippen molar-refractivity contribution in [3.8, 4) is 0 Å². The van der Waals surface area contributed by atoms with Crippen molar-refractivity contribution in [1.29, 1.82) is 0 Å². The van der Waals surface area contributed by atoms with Crippen molar-refractivity contribution < 1.29 is 17.9 Å². The van der Waals surface area contributed by atoms with E-state index in [2.05, 4.69) is 20.7 Å². The molecule has 0 radical (unpaired) electrons. The molecule has 0 amide bonds. The molecular weight excluding hydrogens is 323 g/mol. The molecule has 1 unspecified atom stereocenters. The summed E-state index contributed by atoms with van der Waals surface area (Å²) < 4.78 is 41.0. The van der Waals surface area contributed by atoms with Crippen LogP contribution in [0.25, 0.3) is 0 Å². The molecule has 2 nitrogen and oxygen atoms in total. The average Bonchev–Trinajstić information content (AvgIpc) is 2.30. The fraction of sp³-hybridized carbons (Fsp3) is 0.538. The van der Waals surface area contributed by atoms with Crippen molar-refractivity contribution in [2.24, 2.45) is 5.73 Å². The average molecular weight is 340 g/mol. The zero-order valence-corrected chi connectivity index (χ0v) is 12.0. The second-order valence-corrected chi connectivity index (χ2v) is 5.22. The van der Waals surface area contributed by atoms with Gasteiger partial charge in [-0.25, -0.2) is 0 Å². The highest BCUT2D eigenvalue weighted by Crippen LogP contribution is 2.18. The normalized spacial score (nSPS) is 13.5. The lowest BCUT2D eigenvalue weighted by molar-refractivity contribution is -0.174. The smallest absolute Gasteiger partial charge is 0.372 e. The largest absolute Gasteiger partial charge is 0.411 e. The van der Waals surface area contributed by atoms with Crippen LogP contribution in [0.3, 0.4) is 0 Å². The van der Waals surface area contributed by atoms with E-state index >= 15 is 0 Å². The van der Waals surface area contributed by atoms with Gasteiger partial charge in [0.1, 0.15) is 6.61 Å². The summed E-state index contributed by atoms with van der Waals surface area (Å²) in [5.74, 6) is 0. The van der Waals surface area contributed by atoms with Gasteiger partial charge in [0.15, 0.2) is 0 Å². The number of nitrogens with two attached hydrogens (primary N) is 1. The van der Waals surface area contributed by atoms with Crippen molar-refractivity contribution in [3.63, 3.8) is 0 Å². The van der Waals surface area contributed by atoms with E-state index < -0.39 is 12.8 Å². The lowest BCUT2D eigenvalue weighted by atomic mass is 10.0. The van der Waals surface area contributed by atoms with Crippen LogP contribution in [0.4, 0.5) is 13.2 Å². The van der Waals surface area contributed by atoms with Gasteiger partial charge in [0.05, 0.1) is 0 Å². The van der Waals surface area contributed by atoms with Crippen LogP contribution in [0.15, 0.2) is 28.7 Å². The van der Waals surface area contributed by atoms with Gasteiger partial charge in [0, 0.05) is 17.1 Å². The van der Waals surface area contributed by atoms with Crippen LogP contribution < -0.4 is 5.73 Å². The maximum Gasteiger partial charge on any atom is 0.411 e. The van der Waals surface area contributed by atoms with Crippen LogP contribution in [0.2, 0.25) is 0 Å². The minimum absolute atomic E-state index is 0.0758. The number of ether oxygens (including phenoxy) is 1. The summed E-state index contributed by atoms with van der Waals surface area (Å²) in [6.07, 6.45) is -2.39. The molecule has 0 bridgehead atoms. The van der Waals surface area contributed by atoms with Crippen LogP contribution in [0.5, 0.6) is 0 Å². The molecular formula is C13H17BrF3NO. The van der Waals surface area contributed by atoms with Gasteiger partial charge in [-0.3, -0.25) is 0 Å². The molecule has 0 saturated heterocycles. The number of benzene rings is 1. The minimum Gasteiger partial charge on any atom is -0.372 e. The fourth-order valence-electron chi connectivity index (χ4n) is 1.68. The summed E-state index contributed by atoms with van der Waals surface area (Å²) in [6, 6.07) is 7.69. The van der Waals surface area contributed by atoms with Crippen molar-refractivity contribution in [1.82, 2.24) is 0 Å². The molecule has 1 aromatic rings. The monoisotopic (exact) mass is 339 g/mol. The zero-order valence-electron chi connectivity index (χ0n) is 10.4. The first-order chi connectivity index (χ1) is 8.88. The topological polar surface area (TPSA) is 35.2 Å². The Morgan fingerprint density at radius 2 is 1.95 bits per heavy atom. The third kappa shape index (κ3) is 7.54. The van der Waals surface area contributed by atoms with E-state index in [0.29, 0.717) is 19.3 Å². The molecule has 19 heavy (non-hydrogen) atoms. The summed E-state index contributed by atoms with van der Waals surface area (Å²) >= 11 is 3.43. The van der Waals surface area contributed by atoms with E-state index in [0.717, 1.165) is 10.0 Å². The third-order valence-electron chi connectivity index (χ3n) is 2.57. The van der Waals surface area contributed by atoms with E-state index in [1.807, 2.05) is 24.3 Å². The van der Waals surface area contributed by atoms with Crippen molar-refractivity contribution in [2.75, 3.05) is 13.2 Å². The Bertz CT molecular complexity index is 384. The molecule has 2 N–H and O–H groups in total. The second kappa shape index (κ2) is 7.87. The van der Waals surface area contributed by atoms with E-state index in [1.54, 1.807) is 0 Å². The molecule has 0 saturated carbocycles. The van der Waals surface area contributed by atoms with Gasteiger partial charge >= 0.3 is 6.18 Å². The summed E-state index contributed by atoms with van der Waals surface area (Å²) in [4.78, 5) is 0. The number of halogens is 4. The Morgan fingerprint density at radius 3 is 2.58 bits per heavy atom. The molecule has 0 aliphatic carbocycles. The first-order valence-electron chi connectivity index (χ1n) is 6.02. The van der Waals surface area contributed by atoms with Crippen molar-refractivity contribution in [2.45, 2.75) is 31.5 Å². The van der Waals surface area contributed by atoms with Gasteiger partial charge in [0.2, 0.25) is 0 Å². The van der Waals surface area contributed by atoms with E-state index in [-0.39, 0.29) is 12.6 Å². The van der Waals surface area contributed by atoms with Crippen LogP contribution in [-0.2, 0) is 11.2 Å². The molecule has 1 rings (SSSR count). The first-order valence-corrected chi connectivity index (χ1v) is 6.81. The summed E-state index contributed by atoms with van der Waals surface area (Å²) in [6.45, 7) is -1.10. The van der Waals surface area contributed by atoms with Gasteiger partial charge in [-0.2, -0.15) is 13.2 Å². The van der Waals surface area contributed by atoms with E-state index in [9.17, 15) is 13.2 Å². The SMILES string of the molecule is NC(CCCOCC(F)(F)F)Cc1ccccc1Br. The summed E-state index contributed by atoms with van der Waals surface area (Å²) in [5, 5.41) is 0. The van der Waals surface area contributed by atoms with Crippen LogP contribution in [-0.4, -0.2) is 25.4 Å². The fourth-order valence-corrected chi connectivity index (χ4v) is 2.13. The quantitative estimate of drug-likeness (QED) is 0.769. The maximum atomic E-state index is 11.8. The number of hydrogen-bond donors (Lipinski definition) is 1. The maximum absolute atomic E-state index is 11.8. The number of alkyl halides is 3. The molecule has 1 aromatic carbocycles. The molecule has 0 aliphatic rings. The molecule has 108 valence electrons. The number of hydrogen-bond acceptors (Lipinski definition) is 2.